The number of amides is 1. The normalized spacial score (nSPS) is 23.0. The predicted octanol–water partition coefficient (Wildman–Crippen LogP) is 2.05. The molecule has 100 valence electrons. The zero-order chi connectivity index (χ0) is 13.9. The molecule has 1 heterocycles. The van der Waals surface area contributed by atoms with Crippen LogP contribution in [0.4, 0.5) is 0 Å². The Hall–Kier alpha value is -1.02. The lowest BCUT2D eigenvalue weighted by Crippen LogP contribution is -2.50. The second kappa shape index (κ2) is 5.75. The van der Waals surface area contributed by atoms with E-state index in [0.717, 1.165) is 0 Å². The smallest absolute Gasteiger partial charge is 0.224 e. The molecule has 4 nitrogen and oxygen atoms in total. The Bertz CT molecular complexity index is 389. The van der Waals surface area contributed by atoms with Crippen molar-refractivity contribution in [3.8, 4) is 6.07 Å². The number of hydrogen-bond acceptors (Lipinski definition) is 4. The number of likely N-dealkylation sites (tertiary alicyclic amines) is 1. The standard InChI is InChI=1S/C13H20N2O2S/c1-9(2)13(4,8-14)15-6-11(5-12(15)17)7-18-10(3)16/h9,11H,5-7H2,1-4H3. The molecule has 1 aliphatic rings. The first-order valence-electron chi connectivity index (χ1n) is 6.16. The third-order valence-electron chi connectivity index (χ3n) is 3.64. The lowest BCUT2D eigenvalue weighted by atomic mass is 9.88. The SMILES string of the molecule is CC(=O)SCC1CC(=O)N(C(C)(C#N)C(C)C)C1. The van der Waals surface area contributed by atoms with Gasteiger partial charge in [-0.05, 0) is 18.8 Å². The van der Waals surface area contributed by atoms with Gasteiger partial charge in [0.05, 0.1) is 6.07 Å². The van der Waals surface area contributed by atoms with Gasteiger partial charge >= 0.3 is 0 Å². The molecule has 0 aromatic carbocycles. The van der Waals surface area contributed by atoms with Crippen molar-refractivity contribution in [2.24, 2.45) is 11.8 Å². The van der Waals surface area contributed by atoms with E-state index in [-0.39, 0.29) is 22.9 Å². The third kappa shape index (κ3) is 3.05. The molecule has 1 aliphatic heterocycles. The minimum Gasteiger partial charge on any atom is -0.324 e. The van der Waals surface area contributed by atoms with Crippen LogP contribution in [0.3, 0.4) is 0 Å². The van der Waals surface area contributed by atoms with Crippen molar-refractivity contribution in [3.05, 3.63) is 0 Å². The number of thioether (sulfide) groups is 1. The fourth-order valence-corrected chi connectivity index (χ4v) is 2.77. The molecule has 0 aromatic heterocycles. The summed E-state index contributed by atoms with van der Waals surface area (Å²) in [5.74, 6) is 0.961. The Morgan fingerprint density at radius 3 is 2.72 bits per heavy atom. The molecule has 18 heavy (non-hydrogen) atoms. The quantitative estimate of drug-likeness (QED) is 0.783. The number of nitriles is 1. The average molecular weight is 268 g/mol. The van der Waals surface area contributed by atoms with Crippen molar-refractivity contribution in [1.29, 1.82) is 5.26 Å². The highest BCUT2D eigenvalue weighted by atomic mass is 32.2. The Kier molecular flexibility index (Phi) is 4.80. The van der Waals surface area contributed by atoms with Crippen molar-refractivity contribution >= 4 is 22.8 Å². The van der Waals surface area contributed by atoms with Crippen LogP contribution >= 0.6 is 11.8 Å². The van der Waals surface area contributed by atoms with Gasteiger partial charge in [-0.2, -0.15) is 5.26 Å². The van der Waals surface area contributed by atoms with Crippen LogP contribution in [0.2, 0.25) is 0 Å². The van der Waals surface area contributed by atoms with E-state index < -0.39 is 5.54 Å². The lowest BCUT2D eigenvalue weighted by Gasteiger charge is -2.36. The number of carbonyl (C=O) groups excluding carboxylic acids is 2. The minimum absolute atomic E-state index is 0.0295. The van der Waals surface area contributed by atoms with Crippen molar-refractivity contribution in [1.82, 2.24) is 4.90 Å². The summed E-state index contributed by atoms with van der Waals surface area (Å²) in [6, 6.07) is 2.27. The first-order valence-corrected chi connectivity index (χ1v) is 7.15. The van der Waals surface area contributed by atoms with Crippen LogP contribution in [0.1, 0.15) is 34.1 Å². The molecule has 0 spiro atoms. The molecule has 0 radical (unpaired) electrons. The van der Waals surface area contributed by atoms with Gasteiger partial charge in [0.15, 0.2) is 5.12 Å². The molecular formula is C13H20N2O2S. The van der Waals surface area contributed by atoms with Crippen LogP contribution in [0.25, 0.3) is 0 Å². The summed E-state index contributed by atoms with van der Waals surface area (Å²) in [7, 11) is 0. The van der Waals surface area contributed by atoms with Crippen molar-refractivity contribution in [3.63, 3.8) is 0 Å². The summed E-state index contributed by atoms with van der Waals surface area (Å²) in [4.78, 5) is 24.6. The van der Waals surface area contributed by atoms with Crippen LogP contribution in [-0.2, 0) is 9.59 Å². The molecule has 2 unspecified atom stereocenters. The molecule has 0 aliphatic carbocycles. The highest BCUT2D eigenvalue weighted by Gasteiger charge is 2.43. The maximum Gasteiger partial charge on any atom is 0.224 e. The van der Waals surface area contributed by atoms with E-state index in [2.05, 4.69) is 6.07 Å². The number of rotatable bonds is 4. The van der Waals surface area contributed by atoms with Crippen LogP contribution in [0.15, 0.2) is 0 Å². The van der Waals surface area contributed by atoms with Gasteiger partial charge in [-0.15, -0.1) is 0 Å². The van der Waals surface area contributed by atoms with Crippen LogP contribution < -0.4 is 0 Å². The molecule has 5 heteroatoms. The molecule has 0 aromatic rings. The van der Waals surface area contributed by atoms with Gasteiger partial charge in [0, 0.05) is 25.6 Å². The fourth-order valence-electron chi connectivity index (χ4n) is 2.08. The number of carbonyl (C=O) groups is 2. The zero-order valence-electron chi connectivity index (χ0n) is 11.4. The van der Waals surface area contributed by atoms with E-state index in [4.69, 9.17) is 0 Å². The Labute approximate surface area is 113 Å². The topological polar surface area (TPSA) is 61.2 Å². The summed E-state index contributed by atoms with van der Waals surface area (Å²) in [5, 5.41) is 9.41. The fraction of sp³-hybridized carbons (Fsp3) is 0.769. The summed E-state index contributed by atoms with van der Waals surface area (Å²) in [6.07, 6.45) is 0.449. The summed E-state index contributed by atoms with van der Waals surface area (Å²) in [6.45, 7) is 7.84. The maximum absolute atomic E-state index is 12.0. The first kappa shape index (κ1) is 15.0. The number of hydrogen-bond donors (Lipinski definition) is 0. The van der Waals surface area contributed by atoms with Gasteiger partial charge < -0.3 is 4.90 Å². The largest absolute Gasteiger partial charge is 0.324 e. The molecule has 1 rings (SSSR count). The Morgan fingerprint density at radius 1 is 1.67 bits per heavy atom. The lowest BCUT2D eigenvalue weighted by molar-refractivity contribution is -0.132. The van der Waals surface area contributed by atoms with E-state index in [1.165, 1.54) is 18.7 Å². The van der Waals surface area contributed by atoms with Gasteiger partial charge in [0.25, 0.3) is 0 Å². The first-order chi connectivity index (χ1) is 8.31. The summed E-state index contributed by atoms with van der Waals surface area (Å²) in [5.41, 5.74) is -0.743. The predicted molar refractivity (Wildman–Crippen MR) is 71.8 cm³/mol. The maximum atomic E-state index is 12.0. The molecule has 2 atom stereocenters. The molecule has 1 amide bonds. The van der Waals surface area contributed by atoms with Crippen LogP contribution in [0, 0.1) is 23.2 Å². The molecule has 1 saturated heterocycles. The van der Waals surface area contributed by atoms with Crippen LogP contribution in [0.5, 0.6) is 0 Å². The van der Waals surface area contributed by atoms with Gasteiger partial charge in [-0.25, -0.2) is 0 Å². The van der Waals surface area contributed by atoms with Crippen LogP contribution in [-0.4, -0.2) is 33.8 Å². The highest BCUT2D eigenvalue weighted by Crippen LogP contribution is 2.32. The Morgan fingerprint density at radius 2 is 2.28 bits per heavy atom. The van der Waals surface area contributed by atoms with E-state index in [0.29, 0.717) is 18.7 Å². The molecule has 1 fully saturated rings. The van der Waals surface area contributed by atoms with E-state index in [9.17, 15) is 14.9 Å². The third-order valence-corrected chi connectivity index (χ3v) is 4.68. The van der Waals surface area contributed by atoms with Gasteiger partial charge in [0.2, 0.25) is 5.91 Å². The van der Waals surface area contributed by atoms with Gasteiger partial charge in [-0.3, -0.25) is 9.59 Å². The minimum atomic E-state index is -0.743. The molecule has 0 N–H and O–H groups in total. The summed E-state index contributed by atoms with van der Waals surface area (Å²) < 4.78 is 0. The summed E-state index contributed by atoms with van der Waals surface area (Å²) >= 11 is 1.26. The van der Waals surface area contributed by atoms with Gasteiger partial charge in [0.1, 0.15) is 5.54 Å². The van der Waals surface area contributed by atoms with Crippen molar-refractivity contribution in [2.75, 3.05) is 12.3 Å². The van der Waals surface area contributed by atoms with E-state index in [1.807, 2.05) is 20.8 Å². The van der Waals surface area contributed by atoms with E-state index >= 15 is 0 Å². The second-order valence-corrected chi connectivity index (χ2v) is 6.49. The van der Waals surface area contributed by atoms with E-state index in [1.54, 1.807) is 4.90 Å². The molecule has 0 bridgehead atoms. The van der Waals surface area contributed by atoms with Crippen molar-refractivity contribution < 1.29 is 9.59 Å². The monoisotopic (exact) mass is 268 g/mol. The second-order valence-electron chi connectivity index (χ2n) is 5.29. The van der Waals surface area contributed by atoms with Crippen molar-refractivity contribution in [2.45, 2.75) is 39.7 Å². The Balaban J connectivity index is 2.73. The molecule has 0 saturated carbocycles. The van der Waals surface area contributed by atoms with Gasteiger partial charge in [-0.1, -0.05) is 25.6 Å². The number of nitrogens with zero attached hydrogens (tertiary/aromatic N) is 2. The highest BCUT2D eigenvalue weighted by molar-refractivity contribution is 8.13. The average Bonchev–Trinajstić information content (AvgIpc) is 2.67. The molecular weight excluding hydrogens is 248 g/mol. The zero-order valence-corrected chi connectivity index (χ0v) is 12.2.